The van der Waals surface area contributed by atoms with Crippen LogP contribution in [0.1, 0.15) is 200 Å². The van der Waals surface area contributed by atoms with Crippen LogP contribution in [0.5, 0.6) is 0 Å². The molecule has 15 heteroatoms. The third-order valence-electron chi connectivity index (χ3n) is 12.8. The number of hydrogen-bond acceptors (Lipinski definition) is 15. The van der Waals surface area contributed by atoms with E-state index in [1.54, 1.807) is 0 Å². The average Bonchev–Trinajstić information content (AvgIpc) is 3.34. The summed E-state index contributed by atoms with van der Waals surface area (Å²) in [6.45, 7) is 2.56. The molecule has 2 saturated heterocycles. The topological polar surface area (TPSA) is 231 Å². The third kappa shape index (κ3) is 29.1. The minimum Gasteiger partial charge on any atom is -0.462 e. The second kappa shape index (κ2) is 41.2. The molecule has 2 heterocycles. The summed E-state index contributed by atoms with van der Waals surface area (Å²) in [4.78, 5) is 25.8. The van der Waals surface area contributed by atoms with Gasteiger partial charge in [-0.05, 0) is 70.6 Å². The maximum atomic E-state index is 13.0. The lowest BCUT2D eigenvalue weighted by Crippen LogP contribution is -2.61. The van der Waals surface area contributed by atoms with Crippen LogP contribution in [0, 0.1) is 0 Å². The van der Waals surface area contributed by atoms with E-state index in [1.807, 2.05) is 0 Å². The van der Waals surface area contributed by atoms with Gasteiger partial charge in [-0.3, -0.25) is 9.59 Å². The molecule has 0 aliphatic carbocycles. The van der Waals surface area contributed by atoms with Crippen LogP contribution in [0.3, 0.4) is 0 Å². The summed E-state index contributed by atoms with van der Waals surface area (Å²) in [5.74, 6) is -0.938. The number of aliphatic hydroxyl groups is 7. The predicted octanol–water partition coefficient (Wildman–Crippen LogP) is 8.10. The van der Waals surface area contributed by atoms with Gasteiger partial charge in [-0.15, -0.1) is 0 Å². The van der Waals surface area contributed by atoms with Gasteiger partial charge in [0.15, 0.2) is 18.7 Å². The fourth-order valence-electron chi connectivity index (χ4n) is 8.36. The molecule has 11 atom stereocenters. The maximum absolute atomic E-state index is 13.0. The SMILES string of the molecule is CCCCCC=CCC=CCCCCCCCCC(=O)OC(COC(=O)CCCCCCCCCC=CCCCCCCCC)COC1OC(COC2OC(CO)C(O)C(O)C2O)C(O)C(O)C1O. The Labute approximate surface area is 415 Å². The van der Waals surface area contributed by atoms with Gasteiger partial charge in [0.2, 0.25) is 0 Å². The molecule has 2 rings (SSSR count). The molecule has 11 unspecified atom stereocenters. The molecule has 402 valence electrons. The zero-order valence-electron chi connectivity index (χ0n) is 42.5. The number of ether oxygens (including phenoxy) is 6. The van der Waals surface area contributed by atoms with Crippen molar-refractivity contribution in [2.45, 2.75) is 268 Å². The highest BCUT2D eigenvalue weighted by Gasteiger charge is 2.47. The zero-order chi connectivity index (χ0) is 50.3. The molecule has 0 aromatic rings. The molecule has 7 N–H and O–H groups in total. The van der Waals surface area contributed by atoms with E-state index in [2.05, 4.69) is 50.3 Å². The number of carbonyl (C=O) groups excluding carboxylic acids is 2. The lowest BCUT2D eigenvalue weighted by Gasteiger charge is -2.42. The van der Waals surface area contributed by atoms with Crippen molar-refractivity contribution in [3.8, 4) is 0 Å². The lowest BCUT2D eigenvalue weighted by atomic mass is 9.98. The summed E-state index contributed by atoms with van der Waals surface area (Å²) in [6.07, 6.45) is 27.3. The van der Waals surface area contributed by atoms with E-state index in [0.29, 0.717) is 12.8 Å². The van der Waals surface area contributed by atoms with Crippen LogP contribution in [0.2, 0.25) is 0 Å². The van der Waals surface area contributed by atoms with Crippen LogP contribution in [-0.4, -0.2) is 142 Å². The normalized spacial score (nSPS) is 25.8. The number of hydrogen-bond donors (Lipinski definition) is 7. The summed E-state index contributed by atoms with van der Waals surface area (Å²) < 4.78 is 33.6. The van der Waals surface area contributed by atoms with E-state index >= 15 is 0 Å². The van der Waals surface area contributed by atoms with Gasteiger partial charge < -0.3 is 64.2 Å². The molecule has 2 aliphatic heterocycles. The van der Waals surface area contributed by atoms with Crippen LogP contribution >= 0.6 is 0 Å². The molecule has 15 nitrogen and oxygen atoms in total. The Morgan fingerprint density at radius 1 is 0.464 bits per heavy atom. The number of allylic oxidation sites excluding steroid dienone is 6. The van der Waals surface area contributed by atoms with Gasteiger partial charge in [0.1, 0.15) is 55.4 Å². The van der Waals surface area contributed by atoms with Crippen LogP contribution in [-0.2, 0) is 38.0 Å². The highest BCUT2D eigenvalue weighted by Crippen LogP contribution is 2.26. The summed E-state index contributed by atoms with van der Waals surface area (Å²) in [7, 11) is 0. The van der Waals surface area contributed by atoms with Crippen LogP contribution in [0.25, 0.3) is 0 Å². The van der Waals surface area contributed by atoms with Crippen molar-refractivity contribution in [1.29, 1.82) is 0 Å². The van der Waals surface area contributed by atoms with Crippen molar-refractivity contribution >= 4 is 11.9 Å². The first-order valence-electron chi connectivity index (χ1n) is 27.1. The second-order valence-corrected chi connectivity index (χ2v) is 19.0. The largest absolute Gasteiger partial charge is 0.462 e. The Morgan fingerprint density at radius 3 is 1.39 bits per heavy atom. The smallest absolute Gasteiger partial charge is 0.306 e. The van der Waals surface area contributed by atoms with Crippen molar-refractivity contribution in [3.05, 3.63) is 36.5 Å². The molecule has 0 bridgehead atoms. The van der Waals surface area contributed by atoms with Crippen molar-refractivity contribution in [3.63, 3.8) is 0 Å². The van der Waals surface area contributed by atoms with Gasteiger partial charge in [0.05, 0.1) is 19.8 Å². The molecular weight excluding hydrogens is 889 g/mol. The third-order valence-corrected chi connectivity index (χ3v) is 12.8. The highest BCUT2D eigenvalue weighted by molar-refractivity contribution is 5.70. The summed E-state index contributed by atoms with van der Waals surface area (Å²) in [6, 6.07) is 0. The summed E-state index contributed by atoms with van der Waals surface area (Å²) in [5.41, 5.74) is 0. The highest BCUT2D eigenvalue weighted by atomic mass is 16.7. The van der Waals surface area contributed by atoms with Gasteiger partial charge >= 0.3 is 11.9 Å². The molecule has 2 aliphatic rings. The Balaban J connectivity index is 1.80. The molecule has 0 amide bonds. The summed E-state index contributed by atoms with van der Waals surface area (Å²) in [5, 5.41) is 72.1. The van der Waals surface area contributed by atoms with Gasteiger partial charge in [0.25, 0.3) is 0 Å². The number of esters is 2. The quantitative estimate of drug-likeness (QED) is 0.0174. The lowest BCUT2D eigenvalue weighted by molar-refractivity contribution is -0.332. The number of aliphatic hydroxyl groups excluding tert-OH is 7. The van der Waals surface area contributed by atoms with Crippen molar-refractivity contribution < 1.29 is 73.8 Å². The first kappa shape index (κ1) is 62.8. The zero-order valence-corrected chi connectivity index (χ0v) is 42.5. The fourth-order valence-corrected chi connectivity index (χ4v) is 8.36. The molecule has 0 spiro atoms. The Kier molecular flexibility index (Phi) is 37.5. The minimum atomic E-state index is -1.77. The van der Waals surface area contributed by atoms with Gasteiger partial charge in [0, 0.05) is 12.8 Å². The van der Waals surface area contributed by atoms with E-state index in [9.17, 15) is 45.3 Å². The first-order chi connectivity index (χ1) is 33.5. The Hall–Kier alpha value is -2.28. The minimum absolute atomic E-state index is 0.153. The summed E-state index contributed by atoms with van der Waals surface area (Å²) >= 11 is 0. The second-order valence-electron chi connectivity index (χ2n) is 19.0. The monoisotopic (exact) mass is 985 g/mol. The van der Waals surface area contributed by atoms with Crippen molar-refractivity contribution in [2.24, 2.45) is 0 Å². The number of carbonyl (C=O) groups is 2. The van der Waals surface area contributed by atoms with Gasteiger partial charge in [-0.2, -0.15) is 0 Å². The Bertz CT molecular complexity index is 1340. The van der Waals surface area contributed by atoms with Gasteiger partial charge in [-0.1, -0.05) is 153 Å². The molecular formula is C54H96O15. The molecule has 0 aromatic carbocycles. The van der Waals surface area contributed by atoms with Crippen molar-refractivity contribution in [2.75, 3.05) is 26.4 Å². The maximum Gasteiger partial charge on any atom is 0.306 e. The van der Waals surface area contributed by atoms with Gasteiger partial charge in [-0.25, -0.2) is 0 Å². The molecule has 0 aromatic heterocycles. The molecule has 0 radical (unpaired) electrons. The number of rotatable bonds is 42. The van der Waals surface area contributed by atoms with Crippen LogP contribution in [0.15, 0.2) is 36.5 Å². The van der Waals surface area contributed by atoms with Crippen LogP contribution < -0.4 is 0 Å². The van der Waals surface area contributed by atoms with E-state index in [1.165, 1.54) is 83.5 Å². The number of unbranched alkanes of at least 4 members (excludes halogenated alkanes) is 22. The average molecular weight is 985 g/mol. The fraction of sp³-hybridized carbons (Fsp3) is 0.852. The standard InChI is InChI=1S/C54H96O15/c1-3-5-7-9-11-13-15-17-19-21-23-24-26-28-30-32-34-36-45(56)64-39-42(67-46(57)37-35-33-31-29-27-25-22-20-18-16-14-12-10-8-6-4-2)40-65-53-52(63)50(61)48(59)44(69-53)41-66-54-51(62)49(60)47(58)43(38-55)68-54/h12,14,17-20,42-44,47-55,58-63H,3-11,13,15-16,21-41H2,1-2H3. The Morgan fingerprint density at radius 2 is 0.870 bits per heavy atom. The molecule has 2 fully saturated rings. The first-order valence-corrected chi connectivity index (χ1v) is 27.1. The van der Waals surface area contributed by atoms with Crippen LogP contribution in [0.4, 0.5) is 0 Å². The molecule has 0 saturated carbocycles. The molecule has 69 heavy (non-hydrogen) atoms. The van der Waals surface area contributed by atoms with Crippen molar-refractivity contribution in [1.82, 2.24) is 0 Å². The van der Waals surface area contributed by atoms with E-state index < -0.39 is 92.7 Å². The predicted molar refractivity (Wildman–Crippen MR) is 266 cm³/mol. The van der Waals surface area contributed by atoms with E-state index in [4.69, 9.17) is 28.4 Å². The van der Waals surface area contributed by atoms with E-state index in [0.717, 1.165) is 77.0 Å². The van der Waals surface area contributed by atoms with E-state index in [-0.39, 0.29) is 26.1 Å².